The van der Waals surface area contributed by atoms with Crippen LogP contribution in [0.5, 0.6) is 0 Å². The SMILES string of the molecule is O=S1(=O)CCC(NN2CCCC2)C1. The predicted molar refractivity (Wildman–Crippen MR) is 51.0 cm³/mol. The molecule has 2 saturated heterocycles. The molecule has 2 rings (SSSR count). The number of nitrogens with one attached hydrogen (secondary N) is 1. The maximum absolute atomic E-state index is 11.2. The standard InChI is InChI=1S/C8H16N2O2S/c11-13(12)6-3-8(7-13)9-10-4-1-2-5-10/h8-9H,1-7H2. The molecule has 0 radical (unpaired) electrons. The fourth-order valence-electron chi connectivity index (χ4n) is 2.00. The van der Waals surface area contributed by atoms with Crippen molar-refractivity contribution < 1.29 is 8.42 Å². The lowest BCUT2D eigenvalue weighted by molar-refractivity contribution is 0.205. The summed E-state index contributed by atoms with van der Waals surface area (Å²) >= 11 is 0. The average Bonchev–Trinajstić information content (AvgIpc) is 2.61. The zero-order valence-corrected chi connectivity index (χ0v) is 8.52. The van der Waals surface area contributed by atoms with Gasteiger partial charge >= 0.3 is 0 Å². The molecule has 2 fully saturated rings. The molecular formula is C8H16N2O2S. The van der Waals surface area contributed by atoms with Crippen LogP contribution in [0.3, 0.4) is 0 Å². The Bertz CT molecular complexity index is 270. The Hall–Kier alpha value is -0.130. The number of hydrogen-bond acceptors (Lipinski definition) is 4. The predicted octanol–water partition coefficient (Wildman–Crippen LogP) is -0.226. The lowest BCUT2D eigenvalue weighted by Crippen LogP contribution is -2.43. The van der Waals surface area contributed by atoms with Crippen molar-refractivity contribution in [1.29, 1.82) is 0 Å². The lowest BCUT2D eigenvalue weighted by Gasteiger charge is -2.20. The van der Waals surface area contributed by atoms with Crippen LogP contribution >= 0.6 is 0 Å². The van der Waals surface area contributed by atoms with E-state index in [0.717, 1.165) is 19.5 Å². The van der Waals surface area contributed by atoms with E-state index in [-0.39, 0.29) is 6.04 Å². The summed E-state index contributed by atoms with van der Waals surface area (Å²) in [4.78, 5) is 0. The molecule has 0 spiro atoms. The van der Waals surface area contributed by atoms with Gasteiger partial charge in [0.1, 0.15) is 0 Å². The van der Waals surface area contributed by atoms with E-state index in [1.54, 1.807) is 0 Å². The normalized spacial score (nSPS) is 34.0. The summed E-state index contributed by atoms with van der Waals surface area (Å²) in [5.74, 6) is 0.683. The second kappa shape index (κ2) is 3.55. The molecule has 0 aromatic heterocycles. The van der Waals surface area contributed by atoms with Crippen molar-refractivity contribution in [2.24, 2.45) is 0 Å². The van der Waals surface area contributed by atoms with E-state index < -0.39 is 9.84 Å². The van der Waals surface area contributed by atoms with Gasteiger partial charge in [-0.25, -0.2) is 13.4 Å². The van der Waals surface area contributed by atoms with Crippen LogP contribution in [0.15, 0.2) is 0 Å². The maximum atomic E-state index is 11.2. The van der Waals surface area contributed by atoms with Gasteiger partial charge in [-0.3, -0.25) is 5.43 Å². The highest BCUT2D eigenvalue weighted by Gasteiger charge is 2.29. The van der Waals surface area contributed by atoms with E-state index in [9.17, 15) is 8.42 Å². The third kappa shape index (κ3) is 2.42. The first kappa shape index (κ1) is 9.43. The average molecular weight is 204 g/mol. The van der Waals surface area contributed by atoms with E-state index in [1.165, 1.54) is 12.8 Å². The Morgan fingerprint density at radius 2 is 1.92 bits per heavy atom. The summed E-state index contributed by atoms with van der Waals surface area (Å²) < 4.78 is 22.3. The van der Waals surface area contributed by atoms with Gasteiger partial charge in [0.05, 0.1) is 11.5 Å². The minimum atomic E-state index is -2.73. The summed E-state index contributed by atoms with van der Waals surface area (Å²) in [6.45, 7) is 2.13. The fourth-order valence-corrected chi connectivity index (χ4v) is 3.67. The smallest absolute Gasteiger partial charge is 0.151 e. The van der Waals surface area contributed by atoms with Crippen molar-refractivity contribution in [3.8, 4) is 0 Å². The molecule has 0 amide bonds. The second-order valence-corrected chi connectivity index (χ2v) is 6.15. The molecule has 13 heavy (non-hydrogen) atoms. The van der Waals surface area contributed by atoms with Crippen LogP contribution in [0, 0.1) is 0 Å². The van der Waals surface area contributed by atoms with Gasteiger partial charge in [-0.05, 0) is 19.3 Å². The Balaban J connectivity index is 1.83. The highest BCUT2D eigenvalue weighted by molar-refractivity contribution is 7.91. The molecular weight excluding hydrogens is 188 g/mol. The number of hydrazine groups is 1. The molecule has 0 aromatic carbocycles. The maximum Gasteiger partial charge on any atom is 0.151 e. The first-order chi connectivity index (χ1) is 6.16. The molecule has 0 aromatic rings. The van der Waals surface area contributed by atoms with Crippen LogP contribution in [0.4, 0.5) is 0 Å². The van der Waals surface area contributed by atoms with Crippen molar-refractivity contribution in [1.82, 2.24) is 10.4 Å². The molecule has 2 aliphatic rings. The van der Waals surface area contributed by atoms with Gasteiger partial charge in [-0.2, -0.15) is 0 Å². The van der Waals surface area contributed by atoms with Gasteiger partial charge in [-0.1, -0.05) is 0 Å². The van der Waals surface area contributed by atoms with Crippen LogP contribution in [0.1, 0.15) is 19.3 Å². The Labute approximate surface area is 79.2 Å². The summed E-state index contributed by atoms with van der Waals surface area (Å²) in [5, 5.41) is 2.16. The van der Waals surface area contributed by atoms with Crippen molar-refractivity contribution in [2.45, 2.75) is 25.3 Å². The van der Waals surface area contributed by atoms with Gasteiger partial charge in [0, 0.05) is 19.1 Å². The van der Waals surface area contributed by atoms with Gasteiger partial charge in [0.2, 0.25) is 0 Å². The van der Waals surface area contributed by atoms with Crippen LogP contribution in [-0.4, -0.2) is 44.1 Å². The van der Waals surface area contributed by atoms with E-state index in [4.69, 9.17) is 0 Å². The number of rotatable bonds is 2. The zero-order chi connectivity index (χ0) is 9.31. The van der Waals surface area contributed by atoms with Crippen LogP contribution in [-0.2, 0) is 9.84 Å². The third-order valence-corrected chi connectivity index (χ3v) is 4.47. The van der Waals surface area contributed by atoms with Crippen LogP contribution < -0.4 is 5.43 Å². The van der Waals surface area contributed by atoms with Gasteiger partial charge in [-0.15, -0.1) is 0 Å². The summed E-state index contributed by atoms with van der Waals surface area (Å²) in [5.41, 5.74) is 3.29. The molecule has 1 atom stereocenters. The topological polar surface area (TPSA) is 49.4 Å². The minimum Gasteiger partial charge on any atom is -0.251 e. The minimum absolute atomic E-state index is 0.170. The third-order valence-electron chi connectivity index (χ3n) is 2.70. The first-order valence-corrected chi connectivity index (χ1v) is 6.69. The molecule has 0 saturated carbocycles. The second-order valence-electron chi connectivity index (χ2n) is 3.92. The summed E-state index contributed by atoms with van der Waals surface area (Å²) in [6.07, 6.45) is 3.23. The van der Waals surface area contributed by atoms with Crippen molar-refractivity contribution in [3.63, 3.8) is 0 Å². The molecule has 1 unspecified atom stereocenters. The Kier molecular flexibility index (Phi) is 2.58. The Morgan fingerprint density at radius 3 is 2.46 bits per heavy atom. The van der Waals surface area contributed by atoms with Gasteiger partial charge in [0.25, 0.3) is 0 Å². The van der Waals surface area contributed by atoms with E-state index in [2.05, 4.69) is 10.4 Å². The summed E-state index contributed by atoms with van der Waals surface area (Å²) in [6, 6.07) is 0.170. The zero-order valence-electron chi connectivity index (χ0n) is 7.70. The molecule has 5 heteroatoms. The number of hydrogen-bond donors (Lipinski definition) is 1. The Morgan fingerprint density at radius 1 is 1.23 bits per heavy atom. The van der Waals surface area contributed by atoms with Crippen molar-refractivity contribution >= 4 is 9.84 Å². The first-order valence-electron chi connectivity index (χ1n) is 4.87. The molecule has 2 heterocycles. The van der Waals surface area contributed by atoms with Crippen molar-refractivity contribution in [3.05, 3.63) is 0 Å². The van der Waals surface area contributed by atoms with E-state index in [0.29, 0.717) is 11.5 Å². The number of nitrogens with zero attached hydrogens (tertiary/aromatic N) is 1. The van der Waals surface area contributed by atoms with E-state index in [1.807, 2.05) is 0 Å². The van der Waals surface area contributed by atoms with E-state index >= 15 is 0 Å². The molecule has 4 nitrogen and oxygen atoms in total. The molecule has 0 bridgehead atoms. The molecule has 1 N–H and O–H groups in total. The van der Waals surface area contributed by atoms with Crippen molar-refractivity contribution in [2.75, 3.05) is 24.6 Å². The quantitative estimate of drug-likeness (QED) is 0.675. The highest BCUT2D eigenvalue weighted by Crippen LogP contribution is 2.13. The highest BCUT2D eigenvalue weighted by atomic mass is 32.2. The van der Waals surface area contributed by atoms with Crippen LogP contribution in [0.2, 0.25) is 0 Å². The molecule has 2 aliphatic heterocycles. The largest absolute Gasteiger partial charge is 0.251 e. The summed E-state index contributed by atoms with van der Waals surface area (Å²) in [7, 11) is -2.73. The fraction of sp³-hybridized carbons (Fsp3) is 1.00. The van der Waals surface area contributed by atoms with Gasteiger partial charge < -0.3 is 0 Å². The molecule has 0 aliphatic carbocycles. The number of sulfone groups is 1. The lowest BCUT2D eigenvalue weighted by atomic mass is 10.3. The van der Waals surface area contributed by atoms with Gasteiger partial charge in [0.15, 0.2) is 9.84 Å². The van der Waals surface area contributed by atoms with Crippen LogP contribution in [0.25, 0.3) is 0 Å². The monoisotopic (exact) mass is 204 g/mol. The molecule has 76 valence electrons.